The predicted octanol–water partition coefficient (Wildman–Crippen LogP) is 3.79. The molecule has 162 valence electrons. The van der Waals surface area contributed by atoms with E-state index in [0.717, 1.165) is 22.5 Å². The van der Waals surface area contributed by atoms with Gasteiger partial charge in [-0.3, -0.25) is 14.2 Å². The van der Waals surface area contributed by atoms with Crippen molar-refractivity contribution in [3.05, 3.63) is 84.6 Å². The van der Waals surface area contributed by atoms with Crippen molar-refractivity contribution in [3.63, 3.8) is 0 Å². The van der Waals surface area contributed by atoms with E-state index in [-0.39, 0.29) is 17.7 Å². The lowest BCUT2D eigenvalue weighted by molar-refractivity contribution is -0.126. The molecular weight excluding hydrogens is 404 g/mol. The quantitative estimate of drug-likeness (QED) is 0.525. The Kier molecular flexibility index (Phi) is 5.46. The predicted molar refractivity (Wildman–Crippen MR) is 120 cm³/mol. The molecule has 2 aromatic carbocycles. The first kappa shape index (κ1) is 20.1. The first-order chi connectivity index (χ1) is 15.7. The molecule has 4 aromatic rings. The van der Waals surface area contributed by atoms with Crippen molar-refractivity contribution in [3.8, 4) is 5.69 Å². The molecule has 0 atom stereocenters. The van der Waals surface area contributed by atoms with Crippen LogP contribution in [-0.2, 0) is 11.3 Å². The van der Waals surface area contributed by atoms with Crippen molar-refractivity contribution < 1.29 is 14.0 Å². The number of hydrogen-bond acceptors (Lipinski definition) is 4. The number of benzene rings is 2. The van der Waals surface area contributed by atoms with Gasteiger partial charge >= 0.3 is 0 Å². The van der Waals surface area contributed by atoms with Crippen LogP contribution < -0.4 is 5.32 Å². The molecule has 2 amide bonds. The van der Waals surface area contributed by atoms with Crippen LogP contribution in [0.15, 0.2) is 77.7 Å². The molecule has 0 bridgehead atoms. The molecular formula is C25H24N4O3. The van der Waals surface area contributed by atoms with E-state index in [2.05, 4.69) is 10.3 Å². The van der Waals surface area contributed by atoms with E-state index in [1.165, 1.54) is 0 Å². The minimum absolute atomic E-state index is 0.00137. The first-order valence-corrected chi connectivity index (χ1v) is 10.8. The number of aromatic nitrogens is 2. The SMILES string of the molecule is O=C(NCc1ccco1)C1CCN(C(=O)c2ccc(-n3cnc4ccccc43)cc2)CC1. The molecule has 7 nitrogen and oxygen atoms in total. The number of furan rings is 1. The number of carbonyl (C=O) groups excluding carboxylic acids is 2. The van der Waals surface area contributed by atoms with Crippen molar-refractivity contribution in [2.75, 3.05) is 13.1 Å². The largest absolute Gasteiger partial charge is 0.467 e. The van der Waals surface area contributed by atoms with Crippen LogP contribution in [0.25, 0.3) is 16.7 Å². The maximum Gasteiger partial charge on any atom is 0.253 e. The molecule has 0 radical (unpaired) electrons. The van der Waals surface area contributed by atoms with Crippen LogP contribution in [0.4, 0.5) is 0 Å². The van der Waals surface area contributed by atoms with Gasteiger partial charge in [-0.1, -0.05) is 12.1 Å². The summed E-state index contributed by atoms with van der Waals surface area (Å²) >= 11 is 0. The number of hydrogen-bond donors (Lipinski definition) is 1. The molecule has 1 saturated heterocycles. The second-order valence-electron chi connectivity index (χ2n) is 8.01. The molecule has 5 rings (SSSR count). The van der Waals surface area contributed by atoms with Crippen LogP contribution in [0.1, 0.15) is 29.0 Å². The normalized spacial score (nSPS) is 14.6. The zero-order chi connectivity index (χ0) is 21.9. The number of nitrogens with one attached hydrogen (secondary N) is 1. The molecule has 1 N–H and O–H groups in total. The molecule has 1 aliphatic rings. The molecule has 0 aliphatic carbocycles. The fraction of sp³-hybridized carbons (Fsp3) is 0.240. The number of rotatable bonds is 5. The number of para-hydroxylation sites is 2. The van der Waals surface area contributed by atoms with Gasteiger partial charge in [0.2, 0.25) is 5.91 Å². The Morgan fingerprint density at radius 1 is 1.00 bits per heavy atom. The maximum absolute atomic E-state index is 13.0. The topological polar surface area (TPSA) is 80.4 Å². The fourth-order valence-electron chi connectivity index (χ4n) is 4.19. The van der Waals surface area contributed by atoms with Gasteiger partial charge in [0.1, 0.15) is 12.1 Å². The highest BCUT2D eigenvalue weighted by Crippen LogP contribution is 2.22. The van der Waals surface area contributed by atoms with E-state index in [1.54, 1.807) is 18.7 Å². The van der Waals surface area contributed by atoms with Gasteiger partial charge in [0.15, 0.2) is 0 Å². The van der Waals surface area contributed by atoms with Gasteiger partial charge in [0, 0.05) is 30.3 Å². The average molecular weight is 428 g/mol. The Morgan fingerprint density at radius 2 is 1.78 bits per heavy atom. The first-order valence-electron chi connectivity index (χ1n) is 10.8. The smallest absolute Gasteiger partial charge is 0.253 e. The monoisotopic (exact) mass is 428 g/mol. The summed E-state index contributed by atoms with van der Waals surface area (Å²) in [6.07, 6.45) is 4.71. The lowest BCUT2D eigenvalue weighted by Gasteiger charge is -2.31. The number of likely N-dealkylation sites (tertiary alicyclic amines) is 1. The summed E-state index contributed by atoms with van der Waals surface area (Å²) < 4.78 is 7.26. The van der Waals surface area contributed by atoms with Crippen molar-refractivity contribution in [2.45, 2.75) is 19.4 Å². The van der Waals surface area contributed by atoms with Gasteiger partial charge in [0.05, 0.1) is 23.8 Å². The summed E-state index contributed by atoms with van der Waals surface area (Å²) in [7, 11) is 0. The Labute approximate surface area is 185 Å². The Morgan fingerprint density at radius 3 is 2.53 bits per heavy atom. The van der Waals surface area contributed by atoms with Gasteiger partial charge in [-0.05, 0) is 61.4 Å². The van der Waals surface area contributed by atoms with E-state index in [4.69, 9.17) is 4.42 Å². The zero-order valence-electron chi connectivity index (χ0n) is 17.6. The van der Waals surface area contributed by atoms with Crippen LogP contribution in [0.2, 0.25) is 0 Å². The summed E-state index contributed by atoms with van der Waals surface area (Å²) in [5.74, 6) is 0.677. The van der Waals surface area contributed by atoms with Gasteiger partial charge < -0.3 is 14.6 Å². The van der Waals surface area contributed by atoms with Gasteiger partial charge in [0.25, 0.3) is 5.91 Å². The second-order valence-corrected chi connectivity index (χ2v) is 8.01. The highest BCUT2D eigenvalue weighted by Gasteiger charge is 2.27. The molecule has 0 spiro atoms. The fourth-order valence-corrected chi connectivity index (χ4v) is 4.19. The molecule has 7 heteroatoms. The lowest BCUT2D eigenvalue weighted by atomic mass is 9.95. The maximum atomic E-state index is 13.0. The van der Waals surface area contributed by atoms with Gasteiger partial charge in [-0.25, -0.2) is 4.98 Å². The number of nitrogens with zero attached hydrogens (tertiary/aromatic N) is 3. The minimum Gasteiger partial charge on any atom is -0.467 e. The Balaban J connectivity index is 1.18. The van der Waals surface area contributed by atoms with Crippen LogP contribution in [0.5, 0.6) is 0 Å². The van der Waals surface area contributed by atoms with Crippen molar-refractivity contribution in [2.24, 2.45) is 5.92 Å². The van der Waals surface area contributed by atoms with Crippen LogP contribution >= 0.6 is 0 Å². The van der Waals surface area contributed by atoms with Gasteiger partial charge in [-0.2, -0.15) is 0 Å². The summed E-state index contributed by atoms with van der Waals surface area (Å²) in [5, 5.41) is 2.92. The van der Waals surface area contributed by atoms with Crippen LogP contribution in [0.3, 0.4) is 0 Å². The number of fused-ring (bicyclic) bond motifs is 1. The van der Waals surface area contributed by atoms with E-state index in [9.17, 15) is 9.59 Å². The third-order valence-electron chi connectivity index (χ3n) is 6.02. The summed E-state index contributed by atoms with van der Waals surface area (Å²) in [6, 6.07) is 19.2. The highest BCUT2D eigenvalue weighted by molar-refractivity contribution is 5.94. The number of piperidine rings is 1. The Bertz CT molecular complexity index is 1220. The third-order valence-corrected chi connectivity index (χ3v) is 6.02. The second kappa shape index (κ2) is 8.70. The number of carbonyl (C=O) groups is 2. The Hall–Kier alpha value is -3.87. The van der Waals surface area contributed by atoms with E-state index >= 15 is 0 Å². The molecule has 0 saturated carbocycles. The molecule has 32 heavy (non-hydrogen) atoms. The average Bonchev–Trinajstić information content (AvgIpc) is 3.52. The van der Waals surface area contributed by atoms with E-state index < -0.39 is 0 Å². The van der Waals surface area contributed by atoms with Crippen molar-refractivity contribution >= 4 is 22.8 Å². The van der Waals surface area contributed by atoms with E-state index in [0.29, 0.717) is 38.0 Å². The van der Waals surface area contributed by atoms with Gasteiger partial charge in [-0.15, -0.1) is 0 Å². The van der Waals surface area contributed by atoms with Crippen LogP contribution in [-0.4, -0.2) is 39.4 Å². The summed E-state index contributed by atoms with van der Waals surface area (Å²) in [5.41, 5.74) is 3.57. The molecule has 1 aliphatic heterocycles. The molecule has 2 aromatic heterocycles. The minimum atomic E-state index is -0.0779. The molecule has 1 fully saturated rings. The standard InChI is InChI=1S/C25H24N4O3/c30-24(26-16-21-4-3-15-32-21)18-11-13-28(14-12-18)25(31)19-7-9-20(10-8-19)29-17-27-22-5-1-2-6-23(22)29/h1-10,15,17-18H,11-14,16H2,(H,26,30). The van der Waals surface area contributed by atoms with Crippen LogP contribution in [0, 0.1) is 5.92 Å². The lowest BCUT2D eigenvalue weighted by Crippen LogP contribution is -2.42. The number of imidazole rings is 1. The van der Waals surface area contributed by atoms with Crippen molar-refractivity contribution in [1.29, 1.82) is 0 Å². The van der Waals surface area contributed by atoms with Crippen molar-refractivity contribution in [1.82, 2.24) is 19.8 Å². The summed E-state index contributed by atoms with van der Waals surface area (Å²) in [4.78, 5) is 31.6. The highest BCUT2D eigenvalue weighted by atomic mass is 16.3. The third kappa shape index (κ3) is 4.01. The number of amides is 2. The molecule has 3 heterocycles. The molecule has 0 unspecified atom stereocenters. The van der Waals surface area contributed by atoms with E-state index in [1.807, 2.05) is 64.1 Å². The summed E-state index contributed by atoms with van der Waals surface area (Å²) in [6.45, 7) is 1.54. The zero-order valence-corrected chi connectivity index (χ0v) is 17.6.